The monoisotopic (exact) mass is 421 g/mol. The number of hydrogen-bond acceptors (Lipinski definition) is 7. The summed E-state index contributed by atoms with van der Waals surface area (Å²) in [6.07, 6.45) is 1.06. The van der Waals surface area contributed by atoms with E-state index >= 15 is 4.39 Å². The number of hydrogen-bond donors (Lipinski definition) is 1. The van der Waals surface area contributed by atoms with Crippen molar-refractivity contribution in [3.8, 4) is 24.0 Å². The van der Waals surface area contributed by atoms with Gasteiger partial charge in [0, 0.05) is 24.9 Å². The van der Waals surface area contributed by atoms with Crippen LogP contribution in [0, 0.1) is 51.1 Å². The predicted octanol–water partition coefficient (Wildman–Crippen LogP) is 2.72. The molecule has 31 heavy (non-hydrogen) atoms. The summed E-state index contributed by atoms with van der Waals surface area (Å²) in [6.45, 7) is 2.02. The van der Waals surface area contributed by atoms with Crippen LogP contribution < -0.4 is 10.5 Å². The molecule has 0 radical (unpaired) electrons. The number of carbonyl (C=O) groups excluding carboxylic acids is 1. The van der Waals surface area contributed by atoms with E-state index in [1.807, 2.05) is 18.2 Å². The van der Waals surface area contributed by atoms with Crippen molar-refractivity contribution in [2.75, 3.05) is 26.8 Å². The minimum Gasteiger partial charge on any atom is -0.497 e. The van der Waals surface area contributed by atoms with E-state index in [0.717, 1.165) is 0 Å². The first-order chi connectivity index (χ1) is 14.9. The van der Waals surface area contributed by atoms with E-state index in [4.69, 9.17) is 15.2 Å². The highest BCUT2D eigenvalue weighted by molar-refractivity contribution is 5.69. The molecule has 0 saturated carbocycles. The van der Waals surface area contributed by atoms with E-state index in [1.54, 1.807) is 13.0 Å². The number of ether oxygens (including phenoxy) is 2. The average Bonchev–Trinajstić information content (AvgIpc) is 2.79. The second-order valence-electron chi connectivity index (χ2n) is 7.17. The number of halogens is 1. The molecule has 3 rings (SSSR count). The summed E-state index contributed by atoms with van der Waals surface area (Å²) in [4.78, 5) is 13.7. The highest BCUT2D eigenvalue weighted by Gasteiger charge is 2.55. The van der Waals surface area contributed by atoms with Gasteiger partial charge in [0.25, 0.3) is 0 Å². The average molecular weight is 421 g/mol. The normalized spacial score (nSPS) is 21.7. The molecule has 8 nitrogen and oxygen atoms in total. The summed E-state index contributed by atoms with van der Waals surface area (Å²) in [5, 5.41) is 29.8. The van der Waals surface area contributed by atoms with Crippen LogP contribution in [0.2, 0.25) is 0 Å². The number of fused-ring (bicyclic) bond motifs is 1. The lowest BCUT2D eigenvalue weighted by atomic mass is 9.58. The predicted molar refractivity (Wildman–Crippen MR) is 106 cm³/mol. The summed E-state index contributed by atoms with van der Waals surface area (Å²) in [7, 11) is 1.41. The van der Waals surface area contributed by atoms with Crippen LogP contribution in [0.25, 0.3) is 0 Å². The first-order valence-corrected chi connectivity index (χ1v) is 9.56. The molecule has 1 amide bonds. The van der Waals surface area contributed by atoms with Gasteiger partial charge in [0.2, 0.25) is 0 Å². The van der Waals surface area contributed by atoms with Gasteiger partial charge < -0.3 is 20.1 Å². The second kappa shape index (κ2) is 8.38. The van der Waals surface area contributed by atoms with Crippen molar-refractivity contribution in [3.05, 3.63) is 52.5 Å². The molecule has 2 aliphatic rings. The van der Waals surface area contributed by atoms with E-state index < -0.39 is 29.2 Å². The minimum atomic E-state index is -2.02. The zero-order valence-electron chi connectivity index (χ0n) is 17.1. The lowest BCUT2D eigenvalue weighted by Crippen LogP contribution is -2.49. The fraction of sp³-hybridized carbons (Fsp3) is 0.364. The maximum atomic E-state index is 15.0. The molecule has 0 bridgehead atoms. The lowest BCUT2D eigenvalue weighted by molar-refractivity contribution is 0.0997. The number of carbonyl (C=O) groups is 1. The number of amides is 1. The highest BCUT2D eigenvalue weighted by atomic mass is 19.1. The topological polar surface area (TPSA) is 136 Å². The largest absolute Gasteiger partial charge is 0.497 e. The lowest BCUT2D eigenvalue weighted by Gasteiger charge is -2.45. The second-order valence-corrected chi connectivity index (χ2v) is 7.17. The maximum absolute atomic E-state index is 15.0. The smallest absolute Gasteiger partial charge is 0.410 e. The Kier molecular flexibility index (Phi) is 5.86. The Morgan fingerprint density at radius 1 is 1.35 bits per heavy atom. The number of allylic oxidation sites excluding steroid dienone is 2. The van der Waals surface area contributed by atoms with Gasteiger partial charge in [-0.15, -0.1) is 0 Å². The van der Waals surface area contributed by atoms with Crippen molar-refractivity contribution in [2.45, 2.75) is 12.8 Å². The summed E-state index contributed by atoms with van der Waals surface area (Å²) in [5.74, 6) is -2.14. The molecule has 1 aliphatic carbocycles. The van der Waals surface area contributed by atoms with Crippen molar-refractivity contribution in [1.29, 1.82) is 15.8 Å². The number of nitrogens with zero attached hydrogens (tertiary/aromatic N) is 4. The van der Waals surface area contributed by atoms with Crippen molar-refractivity contribution >= 4 is 6.09 Å². The summed E-state index contributed by atoms with van der Waals surface area (Å²) in [6, 6.07) is 9.87. The maximum Gasteiger partial charge on any atom is 0.410 e. The van der Waals surface area contributed by atoms with Crippen molar-refractivity contribution < 1.29 is 18.7 Å². The zero-order chi connectivity index (χ0) is 22.8. The SMILES string of the molecule is CCOC(=O)N1CC=C2C(C#N)=C(N)C(C#N)(C#N)[C@@H](c3cc(OC)ccc3F)[C@@H]2C1. The van der Waals surface area contributed by atoms with Crippen LogP contribution in [0.3, 0.4) is 0 Å². The van der Waals surface area contributed by atoms with Gasteiger partial charge in [-0.05, 0) is 36.3 Å². The Morgan fingerprint density at radius 3 is 2.65 bits per heavy atom. The van der Waals surface area contributed by atoms with E-state index in [1.165, 1.54) is 30.2 Å². The van der Waals surface area contributed by atoms with Crippen LogP contribution in [0.4, 0.5) is 9.18 Å². The van der Waals surface area contributed by atoms with Gasteiger partial charge >= 0.3 is 6.09 Å². The number of nitrogens with two attached hydrogens (primary N) is 1. The molecule has 1 aromatic carbocycles. The molecule has 1 heterocycles. The first-order valence-electron chi connectivity index (χ1n) is 9.56. The van der Waals surface area contributed by atoms with Gasteiger partial charge in [0.05, 0.1) is 37.1 Å². The summed E-state index contributed by atoms with van der Waals surface area (Å²) in [5.41, 5.74) is 4.50. The molecule has 2 atom stereocenters. The highest BCUT2D eigenvalue weighted by Crippen LogP contribution is 2.54. The quantitative estimate of drug-likeness (QED) is 0.792. The molecule has 9 heteroatoms. The number of rotatable bonds is 3. The molecule has 0 saturated heterocycles. The van der Waals surface area contributed by atoms with Crippen molar-refractivity contribution in [2.24, 2.45) is 17.1 Å². The Labute approximate surface area is 179 Å². The summed E-state index contributed by atoms with van der Waals surface area (Å²) >= 11 is 0. The molecule has 158 valence electrons. The molecule has 0 unspecified atom stereocenters. The van der Waals surface area contributed by atoms with Gasteiger partial charge in [-0.25, -0.2) is 9.18 Å². The molecule has 0 spiro atoms. The number of benzene rings is 1. The van der Waals surface area contributed by atoms with Crippen molar-refractivity contribution in [3.63, 3.8) is 0 Å². The number of methoxy groups -OCH3 is 1. The van der Waals surface area contributed by atoms with Crippen LogP contribution in [-0.4, -0.2) is 37.8 Å². The molecule has 2 N–H and O–H groups in total. The summed E-state index contributed by atoms with van der Waals surface area (Å²) < 4.78 is 25.3. The third-order valence-electron chi connectivity index (χ3n) is 5.73. The van der Waals surface area contributed by atoms with E-state index in [9.17, 15) is 20.6 Å². The standard InChI is InChI=1S/C22H20FN5O3/c1-3-31-21(29)28-7-6-14-16(9-24)20(27)22(11-25,12-26)19(17(14)10-28)15-8-13(30-2)4-5-18(15)23/h4-6,8,17,19H,3,7,10,27H2,1-2H3/t17-,19+/m1/s1. The Bertz CT molecular complexity index is 1090. The van der Waals surface area contributed by atoms with Crippen LogP contribution in [0.15, 0.2) is 41.1 Å². The van der Waals surface area contributed by atoms with E-state index in [0.29, 0.717) is 11.3 Å². The Hall–Kier alpha value is -4.03. The minimum absolute atomic E-state index is 0.0103. The fourth-order valence-electron chi connectivity index (χ4n) is 4.27. The van der Waals surface area contributed by atoms with E-state index in [2.05, 4.69) is 0 Å². The Morgan fingerprint density at radius 2 is 2.06 bits per heavy atom. The van der Waals surface area contributed by atoms with Crippen molar-refractivity contribution in [1.82, 2.24) is 4.90 Å². The van der Waals surface area contributed by atoms with E-state index in [-0.39, 0.29) is 36.5 Å². The van der Waals surface area contributed by atoms with Crippen LogP contribution in [0.1, 0.15) is 18.4 Å². The molecule has 1 aromatic rings. The van der Waals surface area contributed by atoms with Gasteiger partial charge in [0.1, 0.15) is 17.6 Å². The van der Waals surface area contributed by atoms with Gasteiger partial charge in [0.15, 0.2) is 5.41 Å². The first kappa shape index (κ1) is 21.7. The molecule has 0 aromatic heterocycles. The van der Waals surface area contributed by atoms with Crippen LogP contribution >= 0.6 is 0 Å². The molecular formula is C22H20FN5O3. The number of nitriles is 3. The molecular weight excluding hydrogens is 401 g/mol. The van der Waals surface area contributed by atoms with Crippen LogP contribution in [0.5, 0.6) is 5.75 Å². The fourth-order valence-corrected chi connectivity index (χ4v) is 4.27. The third-order valence-corrected chi connectivity index (χ3v) is 5.73. The van der Waals surface area contributed by atoms with Gasteiger partial charge in [-0.2, -0.15) is 15.8 Å². The molecule has 0 fully saturated rings. The van der Waals surface area contributed by atoms with Gasteiger partial charge in [-0.1, -0.05) is 6.08 Å². The zero-order valence-corrected chi connectivity index (χ0v) is 17.1. The van der Waals surface area contributed by atoms with Crippen LogP contribution in [-0.2, 0) is 4.74 Å². The molecule has 1 aliphatic heterocycles. The van der Waals surface area contributed by atoms with Gasteiger partial charge in [-0.3, -0.25) is 0 Å². The third kappa shape index (κ3) is 3.33. The Balaban J connectivity index is 2.29.